The summed E-state index contributed by atoms with van der Waals surface area (Å²) < 4.78 is 0. The van der Waals surface area contributed by atoms with Gasteiger partial charge in [0.25, 0.3) is 0 Å². The van der Waals surface area contributed by atoms with Gasteiger partial charge in [-0.05, 0) is 20.8 Å². The second kappa shape index (κ2) is 4.01. The predicted octanol–water partition coefficient (Wildman–Crippen LogP) is 0.859. The number of rotatable bonds is 1. The molecule has 0 spiro atoms. The molecule has 0 radical (unpaired) electrons. The Morgan fingerprint density at radius 1 is 1.56 bits per heavy atom. The van der Waals surface area contributed by atoms with Gasteiger partial charge in [-0.2, -0.15) is 5.10 Å². The fourth-order valence-electron chi connectivity index (χ4n) is 2.01. The van der Waals surface area contributed by atoms with Gasteiger partial charge >= 0.3 is 6.09 Å². The fraction of sp³-hybridized carbons (Fsp3) is 0.545. The number of amides is 2. The third kappa shape index (κ3) is 2.15. The maximum atomic E-state index is 12.2. The molecule has 0 fully saturated rings. The summed E-state index contributed by atoms with van der Waals surface area (Å²) in [4.78, 5) is 24.4. The fourth-order valence-corrected chi connectivity index (χ4v) is 2.01. The first-order valence-corrected chi connectivity index (χ1v) is 5.63. The molecular weight excluding hydrogens is 236 g/mol. The van der Waals surface area contributed by atoms with E-state index in [1.165, 1.54) is 6.20 Å². The average molecular weight is 252 g/mol. The van der Waals surface area contributed by atoms with Crippen molar-refractivity contribution in [2.45, 2.75) is 38.9 Å². The zero-order valence-electron chi connectivity index (χ0n) is 10.5. The van der Waals surface area contributed by atoms with Crippen molar-refractivity contribution in [2.24, 2.45) is 0 Å². The van der Waals surface area contributed by atoms with Gasteiger partial charge in [-0.3, -0.25) is 14.8 Å². The third-order valence-corrected chi connectivity index (χ3v) is 2.68. The Morgan fingerprint density at radius 2 is 2.22 bits per heavy atom. The molecule has 1 atom stereocenters. The van der Waals surface area contributed by atoms with Crippen molar-refractivity contribution in [3.8, 4) is 0 Å². The highest BCUT2D eigenvalue weighted by Crippen LogP contribution is 2.32. The number of fused-ring (bicyclic) bond motifs is 1. The molecule has 1 aliphatic heterocycles. The van der Waals surface area contributed by atoms with Crippen molar-refractivity contribution in [3.05, 3.63) is 17.5 Å². The van der Waals surface area contributed by atoms with Crippen molar-refractivity contribution in [3.63, 3.8) is 0 Å². The minimum absolute atomic E-state index is 0.160. The molecule has 18 heavy (non-hydrogen) atoms. The van der Waals surface area contributed by atoms with Crippen LogP contribution < -0.4 is 5.32 Å². The van der Waals surface area contributed by atoms with Crippen LogP contribution in [-0.2, 0) is 11.3 Å². The third-order valence-electron chi connectivity index (χ3n) is 2.68. The zero-order valence-corrected chi connectivity index (χ0v) is 10.5. The van der Waals surface area contributed by atoms with Crippen LogP contribution in [0, 0.1) is 0 Å². The first kappa shape index (κ1) is 12.4. The number of hydrogen-bond acceptors (Lipinski definition) is 3. The van der Waals surface area contributed by atoms with Gasteiger partial charge in [-0.15, -0.1) is 0 Å². The summed E-state index contributed by atoms with van der Waals surface area (Å²) in [6, 6.07) is -0.824. The number of carbonyl (C=O) groups is 2. The molecule has 1 aromatic rings. The van der Waals surface area contributed by atoms with E-state index in [-0.39, 0.29) is 12.5 Å². The standard InChI is InChI=1S/C11H16N4O3/c1-11(2,3)13-9(16)8-6-4-12-14-7(6)5-15(8)10(17)18/h4,8H,5H2,1-3H3,(H,12,14)(H,13,16)(H,17,18). The van der Waals surface area contributed by atoms with Gasteiger partial charge in [0.1, 0.15) is 6.04 Å². The molecule has 2 rings (SSSR count). The highest BCUT2D eigenvalue weighted by Gasteiger charge is 2.40. The number of nitrogens with one attached hydrogen (secondary N) is 2. The first-order valence-electron chi connectivity index (χ1n) is 5.63. The Kier molecular flexibility index (Phi) is 2.76. The summed E-state index contributed by atoms with van der Waals surface area (Å²) in [7, 11) is 0. The van der Waals surface area contributed by atoms with Crippen molar-refractivity contribution in [1.29, 1.82) is 0 Å². The lowest BCUT2D eigenvalue weighted by molar-refractivity contribution is -0.127. The van der Waals surface area contributed by atoms with E-state index in [1.54, 1.807) is 0 Å². The first-order chi connectivity index (χ1) is 8.29. The quantitative estimate of drug-likeness (QED) is 0.690. The Hall–Kier alpha value is -2.05. The van der Waals surface area contributed by atoms with Crippen molar-refractivity contribution in [1.82, 2.24) is 20.4 Å². The van der Waals surface area contributed by atoms with Crippen molar-refractivity contribution < 1.29 is 14.7 Å². The summed E-state index contributed by atoms with van der Waals surface area (Å²) in [5.41, 5.74) is 0.888. The number of nitrogens with zero attached hydrogens (tertiary/aromatic N) is 2. The summed E-state index contributed by atoms with van der Waals surface area (Å²) >= 11 is 0. The second-order valence-electron chi connectivity index (χ2n) is 5.36. The van der Waals surface area contributed by atoms with Gasteiger partial charge in [0.15, 0.2) is 0 Å². The SMILES string of the molecule is CC(C)(C)NC(=O)C1c2cn[nH]c2CN1C(=O)O. The number of aromatic nitrogens is 2. The molecule has 0 bridgehead atoms. The Bertz CT molecular complexity index is 489. The normalized spacial score (nSPS) is 18.6. The van der Waals surface area contributed by atoms with E-state index in [0.717, 1.165) is 4.90 Å². The summed E-state index contributed by atoms with van der Waals surface area (Å²) in [5, 5.41) is 18.5. The van der Waals surface area contributed by atoms with Crippen molar-refractivity contribution in [2.75, 3.05) is 0 Å². The van der Waals surface area contributed by atoms with E-state index < -0.39 is 17.7 Å². The largest absolute Gasteiger partial charge is 0.465 e. The lowest BCUT2D eigenvalue weighted by Gasteiger charge is -2.26. The Labute approximate surface area is 104 Å². The van der Waals surface area contributed by atoms with E-state index in [9.17, 15) is 9.59 Å². The molecule has 98 valence electrons. The maximum absolute atomic E-state index is 12.2. The van der Waals surface area contributed by atoms with Crippen LogP contribution in [0.25, 0.3) is 0 Å². The molecule has 0 aromatic carbocycles. The van der Waals surface area contributed by atoms with Crippen LogP contribution in [-0.4, -0.2) is 37.7 Å². The number of carbonyl (C=O) groups excluding carboxylic acids is 1. The Morgan fingerprint density at radius 3 is 2.78 bits per heavy atom. The van der Waals surface area contributed by atoms with Crippen LogP contribution in [0.4, 0.5) is 4.79 Å². The molecule has 3 N–H and O–H groups in total. The lowest BCUT2D eigenvalue weighted by atomic mass is 10.1. The van der Waals surface area contributed by atoms with E-state index in [1.807, 2.05) is 20.8 Å². The maximum Gasteiger partial charge on any atom is 0.408 e. The monoisotopic (exact) mass is 252 g/mol. The molecule has 7 heteroatoms. The van der Waals surface area contributed by atoms with E-state index in [2.05, 4.69) is 15.5 Å². The van der Waals surface area contributed by atoms with Crippen LogP contribution in [0.1, 0.15) is 38.1 Å². The predicted molar refractivity (Wildman–Crippen MR) is 62.8 cm³/mol. The molecular formula is C11H16N4O3. The second-order valence-corrected chi connectivity index (χ2v) is 5.36. The molecule has 0 saturated carbocycles. The van der Waals surface area contributed by atoms with Crippen LogP contribution in [0.2, 0.25) is 0 Å². The highest BCUT2D eigenvalue weighted by molar-refractivity contribution is 5.88. The molecule has 7 nitrogen and oxygen atoms in total. The lowest BCUT2D eigenvalue weighted by Crippen LogP contribution is -2.47. The van der Waals surface area contributed by atoms with Gasteiger partial charge in [-0.1, -0.05) is 0 Å². The summed E-state index contributed by atoms with van der Waals surface area (Å²) in [5.74, 6) is -0.329. The molecule has 2 heterocycles. The minimum atomic E-state index is -1.12. The van der Waals surface area contributed by atoms with Gasteiger partial charge < -0.3 is 10.4 Å². The van der Waals surface area contributed by atoms with Crippen LogP contribution >= 0.6 is 0 Å². The number of hydrogen-bond donors (Lipinski definition) is 3. The topological polar surface area (TPSA) is 98.3 Å². The highest BCUT2D eigenvalue weighted by atomic mass is 16.4. The van der Waals surface area contributed by atoms with Crippen LogP contribution in [0.5, 0.6) is 0 Å². The van der Waals surface area contributed by atoms with Gasteiger partial charge in [-0.25, -0.2) is 4.79 Å². The molecule has 1 unspecified atom stereocenters. The van der Waals surface area contributed by atoms with Gasteiger partial charge in [0, 0.05) is 11.1 Å². The van der Waals surface area contributed by atoms with Gasteiger partial charge in [0.2, 0.25) is 5.91 Å². The number of H-pyrrole nitrogens is 1. The number of carboxylic acid groups (broad SMARTS) is 1. The summed E-state index contributed by atoms with van der Waals surface area (Å²) in [6.07, 6.45) is 0.388. The van der Waals surface area contributed by atoms with E-state index in [4.69, 9.17) is 5.11 Å². The molecule has 2 amide bonds. The zero-order chi connectivity index (χ0) is 13.5. The molecule has 1 aliphatic rings. The summed E-state index contributed by atoms with van der Waals surface area (Å²) in [6.45, 7) is 5.70. The average Bonchev–Trinajstić information content (AvgIpc) is 2.70. The van der Waals surface area contributed by atoms with Gasteiger partial charge in [0.05, 0.1) is 18.4 Å². The Balaban J connectivity index is 2.28. The van der Waals surface area contributed by atoms with Crippen LogP contribution in [0.15, 0.2) is 6.20 Å². The molecule has 0 aliphatic carbocycles. The van der Waals surface area contributed by atoms with Crippen LogP contribution in [0.3, 0.4) is 0 Å². The van der Waals surface area contributed by atoms with Crippen molar-refractivity contribution >= 4 is 12.0 Å². The smallest absolute Gasteiger partial charge is 0.408 e. The van der Waals surface area contributed by atoms with E-state index in [0.29, 0.717) is 11.3 Å². The van der Waals surface area contributed by atoms with E-state index >= 15 is 0 Å². The molecule has 1 aromatic heterocycles. The minimum Gasteiger partial charge on any atom is -0.465 e. The number of aromatic amines is 1. The molecule has 0 saturated heterocycles.